The van der Waals surface area contributed by atoms with Crippen LogP contribution in [0.2, 0.25) is 0 Å². The van der Waals surface area contributed by atoms with Crippen molar-refractivity contribution in [3.05, 3.63) is 40.3 Å². The van der Waals surface area contributed by atoms with Gasteiger partial charge in [-0.3, -0.25) is 4.79 Å². The van der Waals surface area contributed by atoms with E-state index in [0.29, 0.717) is 30.4 Å². The summed E-state index contributed by atoms with van der Waals surface area (Å²) in [5.74, 6) is -3.19. The third-order valence-corrected chi connectivity index (χ3v) is 6.56. The molecule has 1 aliphatic heterocycles. The van der Waals surface area contributed by atoms with Crippen LogP contribution in [0.1, 0.15) is 45.8 Å². The number of hydrogen-bond acceptors (Lipinski definition) is 5. The van der Waals surface area contributed by atoms with Crippen molar-refractivity contribution in [1.29, 1.82) is 0 Å². The number of carbonyl (C=O) groups is 2. The Bertz CT molecular complexity index is 822. The molecule has 5 nitrogen and oxygen atoms in total. The largest absolute Gasteiger partial charge is 0.461 e. The molecule has 152 valence electrons. The van der Waals surface area contributed by atoms with Crippen molar-refractivity contribution in [3.8, 4) is 0 Å². The van der Waals surface area contributed by atoms with Crippen molar-refractivity contribution in [3.63, 3.8) is 0 Å². The third kappa shape index (κ3) is 4.94. The minimum atomic E-state index is -2.58. The fraction of sp³-hybridized carbons (Fsp3) is 0.474. The maximum Gasteiger partial charge on any atom is 0.349 e. The van der Waals surface area contributed by atoms with E-state index in [2.05, 4.69) is 0 Å². The highest BCUT2D eigenvalue weighted by atomic mass is 32.2. The number of likely N-dealkylation sites (tertiary alicyclic amines) is 1. The molecule has 0 spiro atoms. The number of esters is 1. The SMILES string of the molecule is Cn1cccc1C(=O)N1CCCCC1CCOC(=O)c1sccc1SC(F)F. The smallest absolute Gasteiger partial charge is 0.349 e. The lowest BCUT2D eigenvalue weighted by Gasteiger charge is -2.35. The first-order valence-electron chi connectivity index (χ1n) is 9.09. The molecule has 28 heavy (non-hydrogen) atoms. The molecule has 1 atom stereocenters. The number of alkyl halides is 2. The predicted molar refractivity (Wildman–Crippen MR) is 105 cm³/mol. The lowest BCUT2D eigenvalue weighted by molar-refractivity contribution is 0.0408. The molecule has 0 saturated carbocycles. The zero-order valence-electron chi connectivity index (χ0n) is 15.5. The maximum atomic E-state index is 12.8. The Balaban J connectivity index is 1.57. The molecular formula is C19H22F2N2O3S2. The Morgan fingerprint density at radius 2 is 2.18 bits per heavy atom. The highest BCUT2D eigenvalue weighted by Crippen LogP contribution is 2.32. The predicted octanol–water partition coefficient (Wildman–Crippen LogP) is 4.64. The van der Waals surface area contributed by atoms with Crippen LogP contribution in [0.4, 0.5) is 8.78 Å². The van der Waals surface area contributed by atoms with E-state index in [4.69, 9.17) is 4.74 Å². The van der Waals surface area contributed by atoms with E-state index in [9.17, 15) is 18.4 Å². The quantitative estimate of drug-likeness (QED) is 0.476. The summed E-state index contributed by atoms with van der Waals surface area (Å²) in [7, 11) is 1.84. The molecule has 1 saturated heterocycles. The lowest BCUT2D eigenvalue weighted by atomic mass is 9.99. The first kappa shape index (κ1) is 20.9. The molecule has 0 aliphatic carbocycles. The second kappa shape index (κ2) is 9.56. The van der Waals surface area contributed by atoms with Gasteiger partial charge in [0.2, 0.25) is 0 Å². The number of ether oxygens (including phenoxy) is 1. The van der Waals surface area contributed by atoms with Gasteiger partial charge in [0, 0.05) is 37.1 Å². The molecule has 2 aromatic heterocycles. The topological polar surface area (TPSA) is 51.5 Å². The van der Waals surface area contributed by atoms with E-state index < -0.39 is 11.7 Å². The van der Waals surface area contributed by atoms with Crippen molar-refractivity contribution >= 4 is 35.0 Å². The molecule has 1 unspecified atom stereocenters. The first-order valence-corrected chi connectivity index (χ1v) is 10.8. The first-order chi connectivity index (χ1) is 13.5. The summed E-state index contributed by atoms with van der Waals surface area (Å²) in [6, 6.07) is 5.14. The number of aryl methyl sites for hydroxylation is 1. The van der Waals surface area contributed by atoms with Crippen LogP contribution < -0.4 is 0 Å². The fourth-order valence-corrected chi connectivity index (χ4v) is 4.97. The summed E-state index contributed by atoms with van der Waals surface area (Å²) < 4.78 is 32.3. The van der Waals surface area contributed by atoms with Crippen LogP contribution in [-0.4, -0.2) is 46.3 Å². The Labute approximate surface area is 170 Å². The maximum absolute atomic E-state index is 12.8. The normalized spacial score (nSPS) is 17.1. The minimum Gasteiger partial charge on any atom is -0.461 e. The van der Waals surface area contributed by atoms with E-state index >= 15 is 0 Å². The van der Waals surface area contributed by atoms with Gasteiger partial charge in [0.05, 0.1) is 6.61 Å². The van der Waals surface area contributed by atoms with Crippen LogP contribution in [0, 0.1) is 0 Å². The molecule has 1 aliphatic rings. The molecule has 0 bridgehead atoms. The van der Waals surface area contributed by atoms with Crippen molar-refractivity contribution in [1.82, 2.24) is 9.47 Å². The summed E-state index contributed by atoms with van der Waals surface area (Å²) in [5, 5.41) is 1.60. The molecule has 3 rings (SSSR count). The van der Waals surface area contributed by atoms with Gasteiger partial charge in [-0.05, 0) is 42.8 Å². The third-order valence-electron chi connectivity index (χ3n) is 4.77. The molecule has 3 heterocycles. The number of carbonyl (C=O) groups excluding carboxylic acids is 2. The summed E-state index contributed by atoms with van der Waals surface area (Å²) in [6.07, 6.45) is 5.21. The van der Waals surface area contributed by atoms with Gasteiger partial charge >= 0.3 is 5.97 Å². The minimum absolute atomic E-state index is 0.00203. The number of piperidine rings is 1. The standard InChI is InChI=1S/C19H22F2N2O3S2/c1-22-9-4-6-14(22)17(24)23-10-3-2-5-13(23)7-11-26-18(25)16-15(8-12-27-16)28-19(20)21/h4,6,8-9,12-13,19H,2-3,5,7,10-11H2,1H3. The Hall–Kier alpha value is -1.87. The van der Waals surface area contributed by atoms with Gasteiger partial charge in [-0.15, -0.1) is 11.3 Å². The van der Waals surface area contributed by atoms with Gasteiger partial charge in [0.25, 0.3) is 11.7 Å². The highest BCUT2D eigenvalue weighted by Gasteiger charge is 2.29. The molecule has 1 amide bonds. The van der Waals surface area contributed by atoms with Crippen molar-refractivity contribution < 1.29 is 23.1 Å². The van der Waals surface area contributed by atoms with Crippen LogP contribution >= 0.6 is 23.1 Å². The van der Waals surface area contributed by atoms with Crippen LogP contribution in [0.25, 0.3) is 0 Å². The second-order valence-electron chi connectivity index (χ2n) is 6.57. The molecule has 2 aromatic rings. The van der Waals surface area contributed by atoms with Gasteiger partial charge in [0.15, 0.2) is 0 Å². The van der Waals surface area contributed by atoms with Crippen LogP contribution in [-0.2, 0) is 11.8 Å². The van der Waals surface area contributed by atoms with E-state index in [1.807, 2.05) is 24.2 Å². The summed E-state index contributed by atoms with van der Waals surface area (Å²) in [4.78, 5) is 27.4. The number of nitrogens with zero attached hydrogens (tertiary/aromatic N) is 2. The van der Waals surface area contributed by atoms with Crippen LogP contribution in [0.3, 0.4) is 0 Å². The monoisotopic (exact) mass is 428 g/mol. The van der Waals surface area contributed by atoms with E-state index in [-0.39, 0.29) is 28.3 Å². The molecular weight excluding hydrogens is 406 g/mol. The Morgan fingerprint density at radius 1 is 1.36 bits per heavy atom. The number of halogens is 2. The highest BCUT2D eigenvalue weighted by molar-refractivity contribution is 7.99. The fourth-order valence-electron chi connectivity index (χ4n) is 3.39. The Kier molecular flexibility index (Phi) is 7.12. The molecule has 0 radical (unpaired) electrons. The summed E-state index contributed by atoms with van der Waals surface area (Å²) in [6.45, 7) is 0.833. The number of aromatic nitrogens is 1. The van der Waals surface area contributed by atoms with Gasteiger partial charge in [-0.2, -0.15) is 8.78 Å². The number of hydrogen-bond donors (Lipinski definition) is 0. The second-order valence-corrected chi connectivity index (χ2v) is 8.52. The van der Waals surface area contributed by atoms with E-state index in [1.54, 1.807) is 16.0 Å². The average Bonchev–Trinajstić information content (AvgIpc) is 3.30. The van der Waals surface area contributed by atoms with Crippen LogP contribution in [0.15, 0.2) is 34.7 Å². The average molecular weight is 429 g/mol. The van der Waals surface area contributed by atoms with E-state index in [1.165, 1.54) is 6.07 Å². The van der Waals surface area contributed by atoms with Crippen molar-refractivity contribution in [2.45, 2.75) is 42.4 Å². The number of rotatable bonds is 7. The summed E-state index contributed by atoms with van der Waals surface area (Å²) in [5.41, 5.74) is 0.635. The molecule has 1 fully saturated rings. The Morgan fingerprint density at radius 3 is 2.89 bits per heavy atom. The zero-order chi connectivity index (χ0) is 20.1. The number of amides is 1. The van der Waals surface area contributed by atoms with Gasteiger partial charge < -0.3 is 14.2 Å². The molecule has 0 N–H and O–H groups in total. The van der Waals surface area contributed by atoms with Gasteiger partial charge in [0.1, 0.15) is 10.6 Å². The molecule has 0 aromatic carbocycles. The van der Waals surface area contributed by atoms with E-state index in [0.717, 1.165) is 30.6 Å². The van der Waals surface area contributed by atoms with Crippen molar-refractivity contribution in [2.75, 3.05) is 13.2 Å². The zero-order valence-corrected chi connectivity index (χ0v) is 17.1. The van der Waals surface area contributed by atoms with Crippen molar-refractivity contribution in [2.24, 2.45) is 7.05 Å². The van der Waals surface area contributed by atoms with Crippen LogP contribution in [0.5, 0.6) is 0 Å². The van der Waals surface area contributed by atoms with Gasteiger partial charge in [-0.1, -0.05) is 11.8 Å². The molecule has 9 heteroatoms. The number of thiophene rings is 1. The summed E-state index contributed by atoms with van der Waals surface area (Å²) >= 11 is 1.44. The van der Waals surface area contributed by atoms with Gasteiger partial charge in [-0.25, -0.2) is 4.79 Å². The number of thioether (sulfide) groups is 1. The lowest BCUT2D eigenvalue weighted by Crippen LogP contribution is -2.44.